The molecule has 7 heteroatoms. The summed E-state index contributed by atoms with van der Waals surface area (Å²) in [7, 11) is 0. The zero-order chi connectivity index (χ0) is 16.3. The normalized spacial score (nSPS) is 13.4. The van der Waals surface area contributed by atoms with E-state index in [0.29, 0.717) is 16.3 Å². The Balaban J connectivity index is 2.11. The van der Waals surface area contributed by atoms with Gasteiger partial charge in [0.1, 0.15) is 0 Å². The number of rotatable bonds is 5. The van der Waals surface area contributed by atoms with Crippen LogP contribution in [0.1, 0.15) is 24.3 Å². The number of amides is 1. The minimum atomic E-state index is -0.979. The summed E-state index contributed by atoms with van der Waals surface area (Å²) < 4.78 is 5.13. The minimum absolute atomic E-state index is 0.0828. The van der Waals surface area contributed by atoms with Crippen LogP contribution in [0.3, 0.4) is 0 Å². The number of aliphatic carboxylic acids is 1. The van der Waals surface area contributed by atoms with Crippen molar-refractivity contribution in [1.29, 1.82) is 0 Å². The molecule has 0 aliphatic rings. The minimum Gasteiger partial charge on any atom is -0.481 e. The van der Waals surface area contributed by atoms with Crippen LogP contribution in [0.25, 0.3) is 11.3 Å². The molecule has 1 heterocycles. The highest BCUT2D eigenvalue weighted by atomic mass is 35.5. The van der Waals surface area contributed by atoms with Gasteiger partial charge >= 0.3 is 5.97 Å². The zero-order valence-corrected chi connectivity index (χ0v) is 12.8. The summed E-state index contributed by atoms with van der Waals surface area (Å²) in [5, 5.41) is 15.7. The third-order valence-electron chi connectivity index (χ3n) is 3.35. The standard InChI is InChI=1S/C15H15ClN2O4/c1-8(15(20)21)9(2)17-14(19)12-7-13(22-18-12)10-4-3-5-11(16)6-10/h3-9H,1-2H3,(H,17,19)(H,20,21). The quantitative estimate of drug-likeness (QED) is 0.883. The highest BCUT2D eigenvalue weighted by Gasteiger charge is 2.23. The fourth-order valence-electron chi connectivity index (χ4n) is 1.78. The average molecular weight is 323 g/mol. The largest absolute Gasteiger partial charge is 0.481 e. The Bertz CT molecular complexity index is 698. The van der Waals surface area contributed by atoms with Gasteiger partial charge in [-0.1, -0.05) is 28.9 Å². The predicted octanol–water partition coefficient (Wildman–Crippen LogP) is 2.83. The molecule has 0 bridgehead atoms. The molecule has 0 fully saturated rings. The van der Waals surface area contributed by atoms with Gasteiger partial charge in [-0.3, -0.25) is 9.59 Å². The first-order chi connectivity index (χ1) is 10.4. The lowest BCUT2D eigenvalue weighted by atomic mass is 10.0. The van der Waals surface area contributed by atoms with E-state index < -0.39 is 23.8 Å². The molecule has 2 aromatic rings. The average Bonchev–Trinajstić information content (AvgIpc) is 2.96. The highest BCUT2D eigenvalue weighted by molar-refractivity contribution is 6.30. The van der Waals surface area contributed by atoms with E-state index in [-0.39, 0.29) is 5.69 Å². The van der Waals surface area contributed by atoms with Gasteiger partial charge in [0.25, 0.3) is 5.91 Å². The van der Waals surface area contributed by atoms with E-state index >= 15 is 0 Å². The maximum Gasteiger partial charge on any atom is 0.308 e. The molecule has 116 valence electrons. The first kappa shape index (κ1) is 16.0. The van der Waals surface area contributed by atoms with E-state index in [4.69, 9.17) is 21.2 Å². The molecule has 6 nitrogen and oxygen atoms in total. The summed E-state index contributed by atoms with van der Waals surface area (Å²) in [6.45, 7) is 3.14. The van der Waals surface area contributed by atoms with Crippen LogP contribution in [-0.2, 0) is 4.79 Å². The number of carbonyl (C=O) groups excluding carboxylic acids is 1. The van der Waals surface area contributed by atoms with Crippen molar-refractivity contribution in [2.24, 2.45) is 5.92 Å². The second-order valence-electron chi connectivity index (χ2n) is 4.98. The number of nitrogens with one attached hydrogen (secondary N) is 1. The van der Waals surface area contributed by atoms with Gasteiger partial charge in [0, 0.05) is 22.7 Å². The molecule has 0 saturated heterocycles. The van der Waals surface area contributed by atoms with Gasteiger partial charge in [0.05, 0.1) is 5.92 Å². The van der Waals surface area contributed by atoms with E-state index in [1.54, 1.807) is 31.2 Å². The van der Waals surface area contributed by atoms with Crippen molar-refractivity contribution < 1.29 is 19.2 Å². The number of benzene rings is 1. The lowest BCUT2D eigenvalue weighted by Gasteiger charge is -2.16. The lowest BCUT2D eigenvalue weighted by Crippen LogP contribution is -2.40. The Morgan fingerprint density at radius 1 is 1.32 bits per heavy atom. The van der Waals surface area contributed by atoms with Crippen LogP contribution in [0.2, 0.25) is 5.02 Å². The van der Waals surface area contributed by atoms with Crippen LogP contribution in [0.15, 0.2) is 34.9 Å². The van der Waals surface area contributed by atoms with Gasteiger partial charge in [-0.2, -0.15) is 0 Å². The summed E-state index contributed by atoms with van der Waals surface area (Å²) in [5.41, 5.74) is 0.783. The molecule has 22 heavy (non-hydrogen) atoms. The number of carboxylic acids is 1. The van der Waals surface area contributed by atoms with Crippen LogP contribution >= 0.6 is 11.6 Å². The highest BCUT2D eigenvalue weighted by Crippen LogP contribution is 2.23. The summed E-state index contributed by atoms with van der Waals surface area (Å²) in [6.07, 6.45) is 0. The maximum absolute atomic E-state index is 12.0. The lowest BCUT2D eigenvalue weighted by molar-refractivity contribution is -0.141. The van der Waals surface area contributed by atoms with Gasteiger partial charge in [0.2, 0.25) is 0 Å². The predicted molar refractivity (Wildman–Crippen MR) is 80.7 cm³/mol. The Hall–Kier alpha value is -2.34. The number of nitrogens with zero attached hydrogens (tertiary/aromatic N) is 1. The second kappa shape index (κ2) is 6.62. The maximum atomic E-state index is 12.0. The van der Waals surface area contributed by atoms with Gasteiger partial charge in [0.15, 0.2) is 11.5 Å². The molecular weight excluding hydrogens is 308 g/mol. The SMILES string of the molecule is CC(NC(=O)c1cc(-c2cccc(Cl)c2)on1)C(C)C(=O)O. The molecule has 0 saturated carbocycles. The molecule has 1 aromatic carbocycles. The smallest absolute Gasteiger partial charge is 0.308 e. The van der Waals surface area contributed by atoms with Crippen molar-refractivity contribution in [2.75, 3.05) is 0 Å². The van der Waals surface area contributed by atoms with Crippen LogP contribution in [0, 0.1) is 5.92 Å². The molecule has 0 aliphatic heterocycles. The molecule has 1 amide bonds. The third-order valence-corrected chi connectivity index (χ3v) is 3.59. The molecule has 0 radical (unpaired) electrons. The number of aromatic nitrogens is 1. The summed E-state index contributed by atoms with van der Waals surface area (Å²) >= 11 is 5.90. The molecule has 0 spiro atoms. The van der Waals surface area contributed by atoms with Crippen molar-refractivity contribution in [3.8, 4) is 11.3 Å². The molecule has 1 aromatic heterocycles. The van der Waals surface area contributed by atoms with E-state index in [2.05, 4.69) is 10.5 Å². The van der Waals surface area contributed by atoms with Crippen molar-refractivity contribution in [3.63, 3.8) is 0 Å². The zero-order valence-electron chi connectivity index (χ0n) is 12.0. The fourth-order valence-corrected chi connectivity index (χ4v) is 1.97. The number of carbonyl (C=O) groups is 2. The first-order valence-electron chi connectivity index (χ1n) is 6.65. The third kappa shape index (κ3) is 3.65. The topological polar surface area (TPSA) is 92.4 Å². The Morgan fingerprint density at radius 2 is 2.05 bits per heavy atom. The Morgan fingerprint density at radius 3 is 2.68 bits per heavy atom. The van der Waals surface area contributed by atoms with E-state index in [0.717, 1.165) is 0 Å². The van der Waals surface area contributed by atoms with Gasteiger partial charge in [-0.15, -0.1) is 0 Å². The van der Waals surface area contributed by atoms with Crippen LogP contribution < -0.4 is 5.32 Å². The molecule has 2 unspecified atom stereocenters. The van der Waals surface area contributed by atoms with E-state index in [1.807, 2.05) is 0 Å². The van der Waals surface area contributed by atoms with Crippen LogP contribution in [0.4, 0.5) is 0 Å². The van der Waals surface area contributed by atoms with Crippen LogP contribution in [-0.4, -0.2) is 28.2 Å². The monoisotopic (exact) mass is 322 g/mol. The number of carboxylic acid groups (broad SMARTS) is 1. The van der Waals surface area contributed by atoms with Gasteiger partial charge in [-0.25, -0.2) is 0 Å². The number of hydrogen-bond acceptors (Lipinski definition) is 4. The summed E-state index contributed by atoms with van der Waals surface area (Å²) in [4.78, 5) is 22.9. The molecule has 2 rings (SSSR count). The number of halogens is 1. The van der Waals surface area contributed by atoms with Crippen LogP contribution in [0.5, 0.6) is 0 Å². The summed E-state index contributed by atoms with van der Waals surface area (Å²) in [5.74, 6) is -1.76. The van der Waals surface area contributed by atoms with Crippen molar-refractivity contribution in [2.45, 2.75) is 19.9 Å². The van der Waals surface area contributed by atoms with Gasteiger partial charge in [-0.05, 0) is 26.0 Å². The number of hydrogen-bond donors (Lipinski definition) is 2. The molecule has 0 aliphatic carbocycles. The molecular formula is C15H15ClN2O4. The first-order valence-corrected chi connectivity index (χ1v) is 7.02. The van der Waals surface area contributed by atoms with Crippen molar-refractivity contribution in [3.05, 3.63) is 41.0 Å². The van der Waals surface area contributed by atoms with Crippen molar-refractivity contribution >= 4 is 23.5 Å². The fraction of sp³-hybridized carbons (Fsp3) is 0.267. The van der Waals surface area contributed by atoms with Crippen molar-refractivity contribution in [1.82, 2.24) is 10.5 Å². The Kier molecular flexibility index (Phi) is 4.82. The van der Waals surface area contributed by atoms with E-state index in [1.165, 1.54) is 13.0 Å². The second-order valence-corrected chi connectivity index (χ2v) is 5.41. The molecule has 2 atom stereocenters. The Labute approximate surface area is 132 Å². The molecule has 2 N–H and O–H groups in total. The summed E-state index contributed by atoms with van der Waals surface area (Å²) in [6, 6.07) is 7.92. The van der Waals surface area contributed by atoms with E-state index in [9.17, 15) is 9.59 Å². The van der Waals surface area contributed by atoms with Gasteiger partial charge < -0.3 is 14.9 Å².